The Kier molecular flexibility index (Phi) is 5.89. The Bertz CT molecular complexity index is 931. The van der Waals surface area contributed by atoms with Gasteiger partial charge in [0.05, 0.1) is 20.4 Å². The summed E-state index contributed by atoms with van der Waals surface area (Å²) in [7, 11) is 3.13. The molecule has 0 atom stereocenters. The van der Waals surface area contributed by atoms with Crippen LogP contribution >= 0.6 is 0 Å². The molecule has 3 rings (SSSR count). The molecular weight excluding hydrogens is 346 g/mol. The minimum atomic E-state index is -0.515. The van der Waals surface area contributed by atoms with Crippen molar-refractivity contribution >= 4 is 12.0 Å². The highest BCUT2D eigenvalue weighted by Gasteiger charge is 2.08. The summed E-state index contributed by atoms with van der Waals surface area (Å²) < 4.78 is 21.2. The van der Waals surface area contributed by atoms with Crippen LogP contribution in [0.25, 0.3) is 17.4 Å². The van der Waals surface area contributed by atoms with Crippen LogP contribution in [0.5, 0.6) is 11.5 Å². The van der Waals surface area contributed by atoms with Gasteiger partial charge in [-0.05, 0) is 24.3 Å². The first-order valence-corrected chi connectivity index (χ1v) is 8.26. The van der Waals surface area contributed by atoms with E-state index in [0.29, 0.717) is 28.7 Å². The molecule has 0 saturated heterocycles. The Morgan fingerprint density at radius 2 is 1.93 bits per heavy atom. The van der Waals surface area contributed by atoms with Gasteiger partial charge in [0, 0.05) is 17.2 Å². The maximum atomic E-state index is 12.0. The summed E-state index contributed by atoms with van der Waals surface area (Å²) in [5, 5.41) is 0. The lowest BCUT2D eigenvalue weighted by molar-refractivity contribution is -0.139. The van der Waals surface area contributed by atoms with Gasteiger partial charge < -0.3 is 18.6 Å². The lowest BCUT2D eigenvalue weighted by atomic mass is 10.1. The lowest BCUT2D eigenvalue weighted by Gasteiger charge is -2.07. The van der Waals surface area contributed by atoms with Crippen LogP contribution in [0.15, 0.2) is 65.2 Å². The molecule has 138 valence electrons. The zero-order valence-electron chi connectivity index (χ0n) is 15.0. The summed E-state index contributed by atoms with van der Waals surface area (Å²) in [6, 6.07) is 14.9. The Hall–Kier alpha value is -3.54. The van der Waals surface area contributed by atoms with Crippen LogP contribution in [0.1, 0.15) is 11.5 Å². The van der Waals surface area contributed by atoms with Crippen molar-refractivity contribution in [3.05, 3.63) is 72.3 Å². The number of hydrogen-bond donors (Lipinski definition) is 0. The van der Waals surface area contributed by atoms with E-state index in [4.69, 9.17) is 18.6 Å². The number of esters is 1. The SMILES string of the molecule is COc1ccc(OC)c(/C=C/C(=O)OCc2ncc(-c3ccccc3)o2)c1. The number of methoxy groups -OCH3 is 2. The van der Waals surface area contributed by atoms with Crippen molar-refractivity contribution in [2.45, 2.75) is 6.61 Å². The maximum absolute atomic E-state index is 12.0. The number of aromatic nitrogens is 1. The van der Waals surface area contributed by atoms with E-state index in [9.17, 15) is 4.79 Å². The molecule has 0 saturated carbocycles. The van der Waals surface area contributed by atoms with Gasteiger partial charge in [-0.1, -0.05) is 30.3 Å². The molecule has 0 unspecified atom stereocenters. The quantitative estimate of drug-likeness (QED) is 0.463. The average molecular weight is 365 g/mol. The number of hydrogen-bond acceptors (Lipinski definition) is 6. The van der Waals surface area contributed by atoms with Crippen molar-refractivity contribution in [2.24, 2.45) is 0 Å². The first kappa shape index (κ1) is 18.3. The molecular formula is C21H19NO5. The molecule has 0 aliphatic heterocycles. The molecule has 3 aromatic rings. The first-order chi connectivity index (χ1) is 13.2. The van der Waals surface area contributed by atoms with Crippen molar-refractivity contribution in [3.8, 4) is 22.8 Å². The van der Waals surface area contributed by atoms with Gasteiger partial charge in [0.25, 0.3) is 0 Å². The minimum Gasteiger partial charge on any atom is -0.497 e. The summed E-state index contributed by atoms with van der Waals surface area (Å²) in [5.74, 6) is 1.73. The second-order valence-electron chi connectivity index (χ2n) is 5.53. The molecule has 0 aliphatic carbocycles. The van der Waals surface area contributed by atoms with Crippen molar-refractivity contribution < 1.29 is 23.4 Å². The smallest absolute Gasteiger partial charge is 0.331 e. The van der Waals surface area contributed by atoms with Gasteiger partial charge in [0.1, 0.15) is 11.5 Å². The third-order valence-corrected chi connectivity index (χ3v) is 3.79. The molecule has 1 heterocycles. The van der Waals surface area contributed by atoms with Gasteiger partial charge in [0.2, 0.25) is 5.89 Å². The molecule has 0 spiro atoms. The first-order valence-electron chi connectivity index (χ1n) is 8.26. The number of ether oxygens (including phenoxy) is 3. The fraction of sp³-hybridized carbons (Fsp3) is 0.143. The third-order valence-electron chi connectivity index (χ3n) is 3.79. The van der Waals surface area contributed by atoms with Crippen LogP contribution in [0.2, 0.25) is 0 Å². The largest absolute Gasteiger partial charge is 0.497 e. The highest BCUT2D eigenvalue weighted by molar-refractivity contribution is 5.87. The van der Waals surface area contributed by atoms with E-state index in [1.807, 2.05) is 30.3 Å². The van der Waals surface area contributed by atoms with Gasteiger partial charge in [0.15, 0.2) is 12.4 Å². The second-order valence-corrected chi connectivity index (χ2v) is 5.53. The third kappa shape index (κ3) is 4.76. The van der Waals surface area contributed by atoms with Crippen molar-refractivity contribution in [1.82, 2.24) is 4.98 Å². The Balaban J connectivity index is 1.60. The van der Waals surface area contributed by atoms with E-state index in [-0.39, 0.29) is 6.61 Å². The van der Waals surface area contributed by atoms with Crippen LogP contribution in [0.3, 0.4) is 0 Å². The predicted octanol–water partition coefficient (Wildman–Crippen LogP) is 4.12. The van der Waals surface area contributed by atoms with E-state index in [1.165, 1.54) is 6.08 Å². The summed E-state index contributed by atoms with van der Waals surface area (Å²) in [6.07, 6.45) is 4.53. The van der Waals surface area contributed by atoms with E-state index in [1.54, 1.807) is 44.7 Å². The van der Waals surface area contributed by atoms with E-state index < -0.39 is 5.97 Å². The Morgan fingerprint density at radius 3 is 2.67 bits per heavy atom. The van der Waals surface area contributed by atoms with Gasteiger partial charge in [-0.15, -0.1) is 0 Å². The number of benzene rings is 2. The molecule has 0 fully saturated rings. The van der Waals surface area contributed by atoms with Crippen LogP contribution in [0.4, 0.5) is 0 Å². The number of oxazole rings is 1. The molecule has 0 amide bonds. The van der Waals surface area contributed by atoms with Gasteiger partial charge >= 0.3 is 5.97 Å². The average Bonchev–Trinajstić information content (AvgIpc) is 3.20. The fourth-order valence-corrected chi connectivity index (χ4v) is 2.42. The Morgan fingerprint density at radius 1 is 1.11 bits per heavy atom. The zero-order valence-corrected chi connectivity index (χ0v) is 15.0. The number of rotatable bonds is 7. The molecule has 27 heavy (non-hydrogen) atoms. The number of carbonyl (C=O) groups excluding carboxylic acids is 1. The summed E-state index contributed by atoms with van der Waals surface area (Å²) >= 11 is 0. The van der Waals surface area contributed by atoms with E-state index >= 15 is 0 Å². The highest BCUT2D eigenvalue weighted by atomic mass is 16.5. The lowest BCUT2D eigenvalue weighted by Crippen LogP contribution is -2.01. The topological polar surface area (TPSA) is 70.8 Å². The van der Waals surface area contributed by atoms with Crippen LogP contribution in [0, 0.1) is 0 Å². The molecule has 0 radical (unpaired) electrons. The monoisotopic (exact) mass is 365 g/mol. The second kappa shape index (κ2) is 8.71. The minimum absolute atomic E-state index is 0.0503. The predicted molar refractivity (Wildman–Crippen MR) is 100 cm³/mol. The Labute approximate surface area is 157 Å². The van der Waals surface area contributed by atoms with Crippen LogP contribution in [-0.4, -0.2) is 25.2 Å². The standard InChI is InChI=1S/C21H19NO5/c1-24-17-9-10-18(25-2)16(12-17)8-11-21(23)26-14-20-22-13-19(27-20)15-6-4-3-5-7-15/h3-13H,14H2,1-2H3/b11-8+. The summed E-state index contributed by atoms with van der Waals surface area (Å²) in [5.41, 5.74) is 1.61. The van der Waals surface area contributed by atoms with E-state index in [2.05, 4.69) is 4.98 Å². The maximum Gasteiger partial charge on any atom is 0.331 e. The highest BCUT2D eigenvalue weighted by Crippen LogP contribution is 2.25. The normalized spacial score (nSPS) is 10.7. The van der Waals surface area contributed by atoms with Crippen molar-refractivity contribution in [2.75, 3.05) is 14.2 Å². The molecule has 6 nitrogen and oxygen atoms in total. The van der Waals surface area contributed by atoms with Gasteiger partial charge in [-0.25, -0.2) is 9.78 Å². The van der Waals surface area contributed by atoms with Crippen molar-refractivity contribution in [1.29, 1.82) is 0 Å². The summed E-state index contributed by atoms with van der Waals surface area (Å²) in [6.45, 7) is -0.0503. The molecule has 2 aromatic carbocycles. The zero-order chi connectivity index (χ0) is 19.1. The van der Waals surface area contributed by atoms with Gasteiger partial charge in [-0.2, -0.15) is 0 Å². The molecule has 6 heteroatoms. The molecule has 0 N–H and O–H groups in total. The fourth-order valence-electron chi connectivity index (χ4n) is 2.42. The van der Waals surface area contributed by atoms with Gasteiger partial charge in [-0.3, -0.25) is 0 Å². The molecule has 0 aliphatic rings. The van der Waals surface area contributed by atoms with Crippen molar-refractivity contribution in [3.63, 3.8) is 0 Å². The number of carbonyl (C=O) groups is 1. The molecule has 0 bridgehead atoms. The van der Waals surface area contributed by atoms with E-state index in [0.717, 1.165) is 5.56 Å². The molecule has 1 aromatic heterocycles. The number of nitrogens with zero attached hydrogens (tertiary/aromatic N) is 1. The van der Waals surface area contributed by atoms with Crippen LogP contribution in [-0.2, 0) is 16.1 Å². The summed E-state index contributed by atoms with van der Waals surface area (Å²) in [4.78, 5) is 16.1. The van der Waals surface area contributed by atoms with Crippen LogP contribution < -0.4 is 9.47 Å².